The number of esters is 1. The number of nitrogens with zero attached hydrogens (tertiary/aromatic N) is 1. The second-order valence-electron chi connectivity index (χ2n) is 6.71. The summed E-state index contributed by atoms with van der Waals surface area (Å²) in [6.07, 6.45) is 0.910. The van der Waals surface area contributed by atoms with Crippen LogP contribution in [0.5, 0.6) is 0 Å². The Labute approximate surface area is 172 Å². The van der Waals surface area contributed by atoms with Crippen molar-refractivity contribution < 1.29 is 23.5 Å². The largest absolute Gasteiger partial charge is 0.455 e. The summed E-state index contributed by atoms with van der Waals surface area (Å²) in [5, 5.41) is 2.51. The molecule has 0 saturated carbocycles. The van der Waals surface area contributed by atoms with Crippen LogP contribution in [0, 0.1) is 11.7 Å². The average Bonchev–Trinajstić information content (AvgIpc) is 3.10. The van der Waals surface area contributed by atoms with Crippen molar-refractivity contribution in [1.29, 1.82) is 0 Å². The second kappa shape index (κ2) is 9.05. The summed E-state index contributed by atoms with van der Waals surface area (Å²) in [6, 6.07) is 11.4. The molecule has 0 aromatic heterocycles. The van der Waals surface area contributed by atoms with Gasteiger partial charge in [0.25, 0.3) is 5.91 Å². The number of aryl methyl sites for hydroxylation is 1. The molecule has 1 N–H and O–H groups in total. The zero-order valence-corrected chi connectivity index (χ0v) is 16.5. The number of amides is 2. The molecule has 0 radical (unpaired) electrons. The monoisotopic (exact) mass is 418 g/mol. The molecule has 1 aliphatic rings. The molecule has 0 aliphatic carbocycles. The van der Waals surface area contributed by atoms with E-state index in [1.165, 1.54) is 17.0 Å². The van der Waals surface area contributed by atoms with Gasteiger partial charge in [-0.25, -0.2) is 4.39 Å². The van der Waals surface area contributed by atoms with Crippen molar-refractivity contribution in [2.45, 2.75) is 19.8 Å². The molecule has 1 aliphatic heterocycles. The summed E-state index contributed by atoms with van der Waals surface area (Å²) in [7, 11) is 0. The highest BCUT2D eigenvalue weighted by molar-refractivity contribution is 6.30. The summed E-state index contributed by atoms with van der Waals surface area (Å²) < 4.78 is 18.7. The van der Waals surface area contributed by atoms with Crippen molar-refractivity contribution in [1.82, 2.24) is 0 Å². The molecular weight excluding hydrogens is 399 g/mol. The zero-order chi connectivity index (χ0) is 21.0. The highest BCUT2D eigenvalue weighted by atomic mass is 35.5. The maximum absolute atomic E-state index is 13.7. The van der Waals surface area contributed by atoms with Crippen molar-refractivity contribution in [2.24, 2.45) is 5.92 Å². The number of ether oxygens (including phenoxy) is 1. The summed E-state index contributed by atoms with van der Waals surface area (Å²) in [5.41, 5.74) is 1.81. The lowest BCUT2D eigenvalue weighted by Gasteiger charge is -2.17. The van der Waals surface area contributed by atoms with Crippen molar-refractivity contribution in [3.8, 4) is 0 Å². The Bertz CT molecular complexity index is 933. The van der Waals surface area contributed by atoms with Gasteiger partial charge < -0.3 is 15.0 Å². The quantitative estimate of drug-likeness (QED) is 0.727. The maximum Gasteiger partial charge on any atom is 0.311 e. The van der Waals surface area contributed by atoms with Crippen molar-refractivity contribution >= 4 is 40.8 Å². The highest BCUT2D eigenvalue weighted by Gasteiger charge is 2.36. The first kappa shape index (κ1) is 20.8. The number of rotatable bonds is 6. The second-order valence-corrected chi connectivity index (χ2v) is 7.14. The van der Waals surface area contributed by atoms with Crippen LogP contribution in [0.1, 0.15) is 18.9 Å². The number of nitrogens with one attached hydrogen (secondary N) is 1. The van der Waals surface area contributed by atoms with Gasteiger partial charge in [-0.05, 0) is 42.3 Å². The maximum atomic E-state index is 13.7. The Hall–Kier alpha value is -2.93. The van der Waals surface area contributed by atoms with E-state index in [1.807, 2.05) is 31.2 Å². The van der Waals surface area contributed by atoms with Crippen LogP contribution in [0.15, 0.2) is 42.5 Å². The molecule has 8 heteroatoms. The first-order chi connectivity index (χ1) is 13.9. The fourth-order valence-electron chi connectivity index (χ4n) is 3.06. The summed E-state index contributed by atoms with van der Waals surface area (Å²) in [4.78, 5) is 38.0. The fourth-order valence-corrected chi connectivity index (χ4v) is 3.22. The molecule has 1 unspecified atom stereocenters. The molecule has 2 aromatic rings. The number of hydrogen-bond donors (Lipinski definition) is 1. The molecular formula is C21H20ClFN2O4. The van der Waals surface area contributed by atoms with E-state index in [-0.39, 0.29) is 29.6 Å². The Morgan fingerprint density at radius 3 is 2.62 bits per heavy atom. The smallest absolute Gasteiger partial charge is 0.311 e. The molecule has 2 amide bonds. The Balaban J connectivity index is 1.52. The van der Waals surface area contributed by atoms with Gasteiger partial charge in [0, 0.05) is 23.7 Å². The Kier molecular flexibility index (Phi) is 6.49. The predicted molar refractivity (Wildman–Crippen MR) is 107 cm³/mol. The van der Waals surface area contributed by atoms with Crippen LogP contribution in [0.3, 0.4) is 0 Å². The van der Waals surface area contributed by atoms with Gasteiger partial charge >= 0.3 is 5.97 Å². The van der Waals surface area contributed by atoms with Crippen molar-refractivity contribution in [3.05, 3.63) is 58.9 Å². The predicted octanol–water partition coefficient (Wildman–Crippen LogP) is 3.58. The molecule has 0 bridgehead atoms. The minimum atomic E-state index is -0.691. The standard InChI is InChI=1S/C21H20ClFN2O4/c1-2-13-3-6-16(7-4-13)25-11-14(9-20(25)27)21(28)29-12-19(26)24-18-8-5-15(22)10-17(18)23/h3-8,10,14H,2,9,11-12H2,1H3,(H,24,26). The topological polar surface area (TPSA) is 75.7 Å². The van der Waals surface area contributed by atoms with Gasteiger partial charge in [-0.1, -0.05) is 30.7 Å². The fraction of sp³-hybridized carbons (Fsp3) is 0.286. The molecule has 1 fully saturated rings. The van der Waals surface area contributed by atoms with Crippen molar-refractivity contribution in [3.63, 3.8) is 0 Å². The van der Waals surface area contributed by atoms with E-state index in [4.69, 9.17) is 16.3 Å². The average molecular weight is 419 g/mol. The van der Waals surface area contributed by atoms with Gasteiger partial charge in [-0.3, -0.25) is 14.4 Å². The third-order valence-corrected chi connectivity index (χ3v) is 4.90. The zero-order valence-electron chi connectivity index (χ0n) is 15.8. The van der Waals surface area contributed by atoms with E-state index in [0.717, 1.165) is 23.7 Å². The first-order valence-electron chi connectivity index (χ1n) is 9.18. The lowest BCUT2D eigenvalue weighted by Crippen LogP contribution is -2.28. The van der Waals surface area contributed by atoms with Gasteiger partial charge in [0.15, 0.2) is 6.61 Å². The lowest BCUT2D eigenvalue weighted by molar-refractivity contribution is -0.151. The lowest BCUT2D eigenvalue weighted by atomic mass is 10.1. The molecule has 1 saturated heterocycles. The third kappa shape index (κ3) is 5.12. The van der Waals surface area contributed by atoms with E-state index >= 15 is 0 Å². The number of hydrogen-bond acceptors (Lipinski definition) is 4. The van der Waals surface area contributed by atoms with E-state index in [0.29, 0.717) is 0 Å². The van der Waals surface area contributed by atoms with Crippen LogP contribution in [0.25, 0.3) is 0 Å². The summed E-state index contributed by atoms with van der Waals surface area (Å²) >= 11 is 5.66. The molecule has 6 nitrogen and oxygen atoms in total. The van der Waals surface area contributed by atoms with Gasteiger partial charge in [0.2, 0.25) is 5.91 Å². The molecule has 0 spiro atoms. The molecule has 2 aromatic carbocycles. The van der Waals surface area contributed by atoms with Crippen LogP contribution in [-0.2, 0) is 25.5 Å². The van der Waals surface area contributed by atoms with E-state index < -0.39 is 30.2 Å². The molecule has 3 rings (SSSR count). The molecule has 1 heterocycles. The van der Waals surface area contributed by atoms with Gasteiger partial charge in [0.05, 0.1) is 11.6 Å². The third-order valence-electron chi connectivity index (χ3n) is 4.67. The highest BCUT2D eigenvalue weighted by Crippen LogP contribution is 2.26. The normalized spacial score (nSPS) is 16.0. The number of carbonyl (C=O) groups is 3. The minimum Gasteiger partial charge on any atom is -0.455 e. The number of carbonyl (C=O) groups excluding carboxylic acids is 3. The van der Waals surface area contributed by atoms with Crippen LogP contribution >= 0.6 is 11.6 Å². The van der Waals surface area contributed by atoms with Crippen LogP contribution in [-0.4, -0.2) is 30.9 Å². The van der Waals surface area contributed by atoms with Crippen LogP contribution < -0.4 is 10.2 Å². The van der Waals surface area contributed by atoms with E-state index in [9.17, 15) is 18.8 Å². The van der Waals surface area contributed by atoms with Gasteiger partial charge in [-0.2, -0.15) is 0 Å². The van der Waals surface area contributed by atoms with Crippen LogP contribution in [0.2, 0.25) is 5.02 Å². The van der Waals surface area contributed by atoms with Gasteiger partial charge in [0.1, 0.15) is 5.82 Å². The van der Waals surface area contributed by atoms with Gasteiger partial charge in [-0.15, -0.1) is 0 Å². The molecule has 1 atom stereocenters. The van der Waals surface area contributed by atoms with Crippen LogP contribution in [0.4, 0.5) is 15.8 Å². The summed E-state index contributed by atoms with van der Waals surface area (Å²) in [6.45, 7) is 1.66. The SMILES string of the molecule is CCc1ccc(N2CC(C(=O)OCC(=O)Nc3ccc(Cl)cc3F)CC2=O)cc1. The Morgan fingerprint density at radius 1 is 1.24 bits per heavy atom. The van der Waals surface area contributed by atoms with Crippen molar-refractivity contribution in [2.75, 3.05) is 23.4 Å². The minimum absolute atomic E-state index is 0.0157. The molecule has 29 heavy (non-hydrogen) atoms. The number of halogens is 2. The number of anilines is 2. The van der Waals surface area contributed by atoms with E-state index in [2.05, 4.69) is 5.32 Å². The van der Waals surface area contributed by atoms with E-state index in [1.54, 1.807) is 0 Å². The number of benzene rings is 2. The molecule has 152 valence electrons. The Morgan fingerprint density at radius 2 is 1.97 bits per heavy atom. The first-order valence-corrected chi connectivity index (χ1v) is 9.56. The summed E-state index contributed by atoms with van der Waals surface area (Å²) in [5.74, 6) is -2.85.